The quantitative estimate of drug-likeness (QED) is 0.527. The van der Waals surface area contributed by atoms with E-state index in [2.05, 4.69) is 4.98 Å². The number of halogens is 1. The Balaban J connectivity index is 2.43. The summed E-state index contributed by atoms with van der Waals surface area (Å²) in [6, 6.07) is 10.8. The number of hydrogen-bond donors (Lipinski definition) is 0. The Morgan fingerprint density at radius 1 is 1.21 bits per heavy atom. The van der Waals surface area contributed by atoms with Crippen LogP contribution in [0.4, 0.5) is 0 Å². The first-order valence-electron chi connectivity index (χ1n) is 6.94. The van der Waals surface area contributed by atoms with Crippen molar-refractivity contribution >= 4 is 38.5 Å². The molecule has 0 saturated carbocycles. The van der Waals surface area contributed by atoms with Gasteiger partial charge in [0.25, 0.3) is 10.0 Å². The molecule has 0 saturated heterocycles. The Kier molecular flexibility index (Phi) is 4.06. The number of pyridine rings is 1. The highest BCUT2D eigenvalue weighted by Crippen LogP contribution is 2.30. The third-order valence-corrected chi connectivity index (χ3v) is 5.54. The lowest BCUT2D eigenvalue weighted by Gasteiger charge is -2.11. The predicted molar refractivity (Wildman–Crippen MR) is 89.8 cm³/mol. The van der Waals surface area contributed by atoms with Gasteiger partial charge in [-0.15, -0.1) is 0 Å². The zero-order chi connectivity index (χ0) is 17.5. The van der Waals surface area contributed by atoms with Crippen LogP contribution in [0.15, 0.2) is 47.4 Å². The summed E-state index contributed by atoms with van der Waals surface area (Å²) >= 11 is 6.12. The Bertz CT molecular complexity index is 1040. The first-order valence-corrected chi connectivity index (χ1v) is 8.75. The van der Waals surface area contributed by atoms with Gasteiger partial charge in [-0.1, -0.05) is 29.8 Å². The van der Waals surface area contributed by atoms with E-state index in [9.17, 15) is 13.2 Å². The van der Waals surface area contributed by atoms with Gasteiger partial charge in [0.15, 0.2) is 0 Å². The minimum absolute atomic E-state index is 0.0539. The molecule has 0 aliphatic carbocycles. The molecule has 24 heavy (non-hydrogen) atoms. The van der Waals surface area contributed by atoms with Crippen molar-refractivity contribution in [1.29, 1.82) is 0 Å². The van der Waals surface area contributed by atoms with E-state index in [1.807, 2.05) is 0 Å². The molecule has 8 heteroatoms. The monoisotopic (exact) mass is 364 g/mol. The molecule has 2 aromatic heterocycles. The van der Waals surface area contributed by atoms with Gasteiger partial charge < -0.3 is 4.74 Å². The van der Waals surface area contributed by atoms with Crippen LogP contribution in [0.1, 0.15) is 16.2 Å². The fraction of sp³-hybridized carbons (Fsp3) is 0.125. The van der Waals surface area contributed by atoms with Crippen LogP contribution in [0.5, 0.6) is 0 Å². The zero-order valence-electron chi connectivity index (χ0n) is 12.9. The molecule has 0 bridgehead atoms. The van der Waals surface area contributed by atoms with E-state index in [1.54, 1.807) is 31.2 Å². The molecule has 0 spiro atoms. The minimum atomic E-state index is -4.01. The number of fused-ring (bicyclic) bond motifs is 1. The van der Waals surface area contributed by atoms with Gasteiger partial charge >= 0.3 is 5.97 Å². The molecule has 6 nitrogen and oxygen atoms in total. The molecule has 0 aliphatic rings. The standard InChI is InChI=1S/C16H13ClN2O4S/c1-10-8-13-12(15(17)18-10)9-14(16(20)23-2)19(13)24(21,22)11-6-4-3-5-7-11/h3-9H,1-2H3. The fourth-order valence-electron chi connectivity index (χ4n) is 2.46. The minimum Gasteiger partial charge on any atom is -0.464 e. The van der Waals surface area contributed by atoms with Gasteiger partial charge in [-0.3, -0.25) is 0 Å². The molecule has 2 heterocycles. The van der Waals surface area contributed by atoms with E-state index in [0.717, 1.165) is 3.97 Å². The van der Waals surface area contributed by atoms with Gasteiger partial charge in [0.1, 0.15) is 10.8 Å². The molecule has 124 valence electrons. The van der Waals surface area contributed by atoms with Crippen molar-refractivity contribution < 1.29 is 17.9 Å². The van der Waals surface area contributed by atoms with Crippen LogP contribution in [0, 0.1) is 6.92 Å². The van der Waals surface area contributed by atoms with Crippen LogP contribution >= 0.6 is 11.6 Å². The second-order valence-corrected chi connectivity index (χ2v) is 7.24. The van der Waals surface area contributed by atoms with Crippen molar-refractivity contribution in [2.75, 3.05) is 7.11 Å². The average Bonchev–Trinajstić information content (AvgIpc) is 2.95. The first kappa shape index (κ1) is 16.5. The second-order valence-electron chi connectivity index (χ2n) is 5.09. The number of aromatic nitrogens is 2. The first-order chi connectivity index (χ1) is 11.4. The molecule has 0 amide bonds. The summed E-state index contributed by atoms with van der Waals surface area (Å²) in [6.45, 7) is 1.69. The summed E-state index contributed by atoms with van der Waals surface area (Å²) < 4.78 is 31.8. The Morgan fingerprint density at radius 3 is 2.50 bits per heavy atom. The number of methoxy groups -OCH3 is 1. The summed E-state index contributed by atoms with van der Waals surface area (Å²) in [6.07, 6.45) is 0. The number of aryl methyl sites for hydroxylation is 1. The summed E-state index contributed by atoms with van der Waals surface area (Å²) in [5, 5.41) is 0.485. The number of benzene rings is 1. The normalized spacial score (nSPS) is 11.6. The highest BCUT2D eigenvalue weighted by molar-refractivity contribution is 7.90. The Morgan fingerprint density at radius 2 is 1.88 bits per heavy atom. The number of esters is 1. The second kappa shape index (κ2) is 5.92. The van der Waals surface area contributed by atoms with Gasteiger partial charge in [0.2, 0.25) is 0 Å². The Hall–Kier alpha value is -2.38. The topological polar surface area (TPSA) is 78.3 Å². The average molecular weight is 365 g/mol. The Labute approximate surface area is 143 Å². The number of ether oxygens (including phenoxy) is 1. The SMILES string of the molecule is COC(=O)c1cc2c(Cl)nc(C)cc2n1S(=O)(=O)c1ccccc1. The molecular weight excluding hydrogens is 352 g/mol. The smallest absolute Gasteiger partial charge is 0.355 e. The number of nitrogens with zero attached hydrogens (tertiary/aromatic N) is 2. The van der Waals surface area contributed by atoms with Gasteiger partial charge in [-0.2, -0.15) is 0 Å². The molecule has 3 aromatic rings. The number of carbonyl (C=O) groups excluding carboxylic acids is 1. The maximum absolute atomic E-state index is 13.1. The summed E-state index contributed by atoms with van der Waals surface area (Å²) in [4.78, 5) is 16.3. The third-order valence-electron chi connectivity index (χ3n) is 3.51. The molecule has 0 aliphatic heterocycles. The lowest BCUT2D eigenvalue weighted by atomic mass is 10.3. The van der Waals surface area contributed by atoms with Gasteiger partial charge in [0.05, 0.1) is 17.5 Å². The van der Waals surface area contributed by atoms with E-state index in [-0.39, 0.29) is 21.3 Å². The maximum Gasteiger partial charge on any atom is 0.355 e. The van der Waals surface area contributed by atoms with E-state index >= 15 is 0 Å². The lowest BCUT2D eigenvalue weighted by Crippen LogP contribution is -2.19. The molecule has 3 rings (SSSR count). The maximum atomic E-state index is 13.1. The van der Waals surface area contributed by atoms with Gasteiger partial charge in [-0.05, 0) is 31.2 Å². The molecule has 1 aromatic carbocycles. The van der Waals surface area contributed by atoms with Crippen molar-refractivity contribution in [2.24, 2.45) is 0 Å². The number of hydrogen-bond acceptors (Lipinski definition) is 5. The van der Waals surface area contributed by atoms with Crippen molar-refractivity contribution in [2.45, 2.75) is 11.8 Å². The van der Waals surface area contributed by atoms with Crippen molar-refractivity contribution in [3.8, 4) is 0 Å². The lowest BCUT2D eigenvalue weighted by molar-refractivity contribution is 0.0593. The largest absolute Gasteiger partial charge is 0.464 e. The third kappa shape index (κ3) is 2.55. The van der Waals surface area contributed by atoms with Gasteiger partial charge in [-0.25, -0.2) is 22.2 Å². The molecule has 0 N–H and O–H groups in total. The molecule has 0 fully saturated rings. The van der Waals surface area contributed by atoms with E-state index in [0.29, 0.717) is 11.1 Å². The van der Waals surface area contributed by atoms with E-state index in [4.69, 9.17) is 16.3 Å². The number of carbonyl (C=O) groups is 1. The predicted octanol–water partition coefficient (Wildman–Crippen LogP) is 3.02. The van der Waals surface area contributed by atoms with Crippen molar-refractivity contribution in [3.63, 3.8) is 0 Å². The summed E-state index contributed by atoms with van der Waals surface area (Å²) in [5.41, 5.74) is 0.675. The van der Waals surface area contributed by atoms with Crippen molar-refractivity contribution in [1.82, 2.24) is 8.96 Å². The summed E-state index contributed by atoms with van der Waals surface area (Å²) in [7, 11) is -2.83. The molecule has 0 atom stereocenters. The van der Waals surface area contributed by atoms with Crippen molar-refractivity contribution in [3.05, 3.63) is 59.0 Å². The van der Waals surface area contributed by atoms with Crippen LogP contribution < -0.4 is 0 Å². The van der Waals surface area contributed by atoms with Crippen LogP contribution in [-0.4, -0.2) is 30.5 Å². The van der Waals surface area contributed by atoms with E-state index < -0.39 is 16.0 Å². The molecule has 0 radical (unpaired) electrons. The van der Waals surface area contributed by atoms with Crippen LogP contribution in [-0.2, 0) is 14.8 Å². The van der Waals surface area contributed by atoms with Crippen LogP contribution in [0.2, 0.25) is 5.15 Å². The van der Waals surface area contributed by atoms with Gasteiger partial charge in [0, 0.05) is 11.1 Å². The zero-order valence-corrected chi connectivity index (χ0v) is 14.4. The fourth-order valence-corrected chi connectivity index (χ4v) is 4.25. The highest BCUT2D eigenvalue weighted by atomic mass is 35.5. The highest BCUT2D eigenvalue weighted by Gasteiger charge is 2.28. The molecular formula is C16H13ClN2O4S. The molecule has 0 unspecified atom stereocenters. The van der Waals surface area contributed by atoms with Crippen LogP contribution in [0.3, 0.4) is 0 Å². The summed E-state index contributed by atoms with van der Waals surface area (Å²) in [5.74, 6) is -0.778. The van der Waals surface area contributed by atoms with E-state index in [1.165, 1.54) is 25.3 Å². The van der Waals surface area contributed by atoms with Crippen LogP contribution in [0.25, 0.3) is 10.9 Å². The number of rotatable bonds is 3.